The van der Waals surface area contributed by atoms with E-state index in [9.17, 15) is 0 Å². The number of aromatic nitrogens is 1. The molecule has 0 saturated heterocycles. The van der Waals surface area contributed by atoms with Crippen LogP contribution in [0.1, 0.15) is 18.4 Å². The number of pyridine rings is 1. The summed E-state index contributed by atoms with van der Waals surface area (Å²) >= 11 is 0. The van der Waals surface area contributed by atoms with Crippen molar-refractivity contribution >= 4 is 27.2 Å². The molecule has 7 rings (SSSR count). The lowest BCUT2D eigenvalue weighted by Crippen LogP contribution is -2.40. The first-order valence-electron chi connectivity index (χ1n) is 13.6. The van der Waals surface area contributed by atoms with Crippen LogP contribution in [0.25, 0.3) is 32.8 Å². The maximum Gasteiger partial charge on any atom is 0.231 e. The van der Waals surface area contributed by atoms with E-state index in [1.165, 1.54) is 27.6 Å². The molecule has 196 valence electrons. The molecule has 1 aromatic heterocycles. The number of unbranched alkanes of at least 4 members (excludes halogenated alkanes) is 1. The number of aryl methyl sites for hydroxylation is 2. The topological polar surface area (TPSA) is 52.8 Å². The Hall–Kier alpha value is -4.45. The molecule has 1 N–H and O–H groups in total. The number of rotatable bonds is 8. The quantitative estimate of drug-likeness (QED) is 0.187. The lowest BCUT2D eigenvalue weighted by molar-refractivity contribution is -0.686. The Labute approximate surface area is 227 Å². The second-order valence-corrected chi connectivity index (χ2v) is 10.1. The molecule has 0 radical (unpaired) electrons. The number of benzene rings is 4. The number of fused-ring (bicyclic) bond motifs is 6. The molecule has 6 heteroatoms. The van der Waals surface area contributed by atoms with Gasteiger partial charge in [-0.05, 0) is 53.4 Å². The van der Waals surface area contributed by atoms with Gasteiger partial charge in [0.2, 0.25) is 12.5 Å². The number of methoxy groups -OCH3 is 1. The van der Waals surface area contributed by atoms with Crippen LogP contribution in [0.3, 0.4) is 0 Å². The SMILES string of the molecule is COc1ccc2cc3[n+](cc2c1NCCCCOc1cccc2ccccc12)CCc1cc2c(cc1-3)OCO2. The van der Waals surface area contributed by atoms with Crippen molar-refractivity contribution in [2.24, 2.45) is 0 Å². The van der Waals surface area contributed by atoms with E-state index >= 15 is 0 Å². The summed E-state index contributed by atoms with van der Waals surface area (Å²) in [7, 11) is 1.73. The van der Waals surface area contributed by atoms with Crippen molar-refractivity contribution in [3.63, 3.8) is 0 Å². The fraction of sp³-hybridized carbons (Fsp3) is 0.242. The monoisotopic (exact) mass is 519 g/mol. The van der Waals surface area contributed by atoms with Crippen molar-refractivity contribution in [1.82, 2.24) is 0 Å². The van der Waals surface area contributed by atoms with Crippen LogP contribution in [0.15, 0.2) is 79.0 Å². The second-order valence-electron chi connectivity index (χ2n) is 10.1. The molecule has 3 heterocycles. The molecule has 39 heavy (non-hydrogen) atoms. The van der Waals surface area contributed by atoms with E-state index in [0.717, 1.165) is 71.8 Å². The molecule has 0 amide bonds. The molecule has 0 bridgehead atoms. The van der Waals surface area contributed by atoms with Crippen LogP contribution in [0.5, 0.6) is 23.0 Å². The van der Waals surface area contributed by atoms with Gasteiger partial charge in [-0.3, -0.25) is 0 Å². The maximum atomic E-state index is 6.13. The highest BCUT2D eigenvalue weighted by molar-refractivity contribution is 5.97. The molecule has 2 aliphatic heterocycles. The highest BCUT2D eigenvalue weighted by atomic mass is 16.7. The van der Waals surface area contributed by atoms with E-state index in [2.05, 4.69) is 82.8 Å². The largest absolute Gasteiger partial charge is 0.495 e. The van der Waals surface area contributed by atoms with E-state index in [4.69, 9.17) is 18.9 Å². The van der Waals surface area contributed by atoms with Crippen LogP contribution in [-0.4, -0.2) is 27.1 Å². The van der Waals surface area contributed by atoms with Gasteiger partial charge in [0, 0.05) is 24.4 Å². The third-order valence-electron chi connectivity index (χ3n) is 7.72. The molecule has 2 aliphatic rings. The average molecular weight is 520 g/mol. The Morgan fingerprint density at radius 1 is 0.846 bits per heavy atom. The Kier molecular flexibility index (Phi) is 6.08. The zero-order chi connectivity index (χ0) is 26.2. The summed E-state index contributed by atoms with van der Waals surface area (Å²) in [5, 5.41) is 8.36. The maximum absolute atomic E-state index is 6.13. The van der Waals surface area contributed by atoms with Crippen LogP contribution in [-0.2, 0) is 13.0 Å². The number of anilines is 1. The highest BCUT2D eigenvalue weighted by Crippen LogP contribution is 2.41. The van der Waals surface area contributed by atoms with Gasteiger partial charge in [0.25, 0.3) is 0 Å². The number of nitrogens with one attached hydrogen (secondary N) is 1. The van der Waals surface area contributed by atoms with Gasteiger partial charge in [0.1, 0.15) is 11.5 Å². The van der Waals surface area contributed by atoms with Crippen molar-refractivity contribution in [2.45, 2.75) is 25.8 Å². The number of ether oxygens (including phenoxy) is 4. The summed E-state index contributed by atoms with van der Waals surface area (Å²) in [6.45, 7) is 2.73. The van der Waals surface area contributed by atoms with Gasteiger partial charge in [0.15, 0.2) is 24.2 Å². The van der Waals surface area contributed by atoms with Gasteiger partial charge in [0.05, 0.1) is 30.4 Å². The first-order chi connectivity index (χ1) is 19.3. The van der Waals surface area contributed by atoms with E-state index in [-0.39, 0.29) is 0 Å². The van der Waals surface area contributed by atoms with Crippen LogP contribution in [0.2, 0.25) is 0 Å². The molecule has 4 aromatic carbocycles. The first kappa shape index (κ1) is 23.7. The molecule has 0 fully saturated rings. The van der Waals surface area contributed by atoms with Crippen molar-refractivity contribution < 1.29 is 23.5 Å². The molecule has 0 unspecified atom stereocenters. The molecule has 0 atom stereocenters. The molecule has 6 nitrogen and oxygen atoms in total. The van der Waals surface area contributed by atoms with Gasteiger partial charge in [-0.2, -0.15) is 4.57 Å². The van der Waals surface area contributed by atoms with Gasteiger partial charge >= 0.3 is 0 Å². The zero-order valence-corrected chi connectivity index (χ0v) is 22.0. The van der Waals surface area contributed by atoms with Gasteiger partial charge in [-0.15, -0.1) is 0 Å². The van der Waals surface area contributed by atoms with E-state index in [1.807, 2.05) is 6.07 Å². The normalized spacial score (nSPS) is 13.3. The summed E-state index contributed by atoms with van der Waals surface area (Å²) in [5.74, 6) is 3.48. The molecule has 0 aliphatic carbocycles. The van der Waals surface area contributed by atoms with Crippen LogP contribution >= 0.6 is 0 Å². The minimum atomic E-state index is 0.292. The van der Waals surface area contributed by atoms with Gasteiger partial charge in [-0.25, -0.2) is 0 Å². The lowest BCUT2D eigenvalue weighted by Gasteiger charge is -2.18. The predicted molar refractivity (Wildman–Crippen MR) is 153 cm³/mol. The third-order valence-corrected chi connectivity index (χ3v) is 7.72. The van der Waals surface area contributed by atoms with E-state index in [0.29, 0.717) is 13.4 Å². The standard InChI is InChI=1S/C33H30N2O4/c1-36-30-12-11-23-17-28-26-19-32-31(38-21-39-32)18-24(26)13-15-35(28)20-27(23)33(30)34-14-4-5-16-37-29-10-6-8-22-7-2-3-9-25(22)29/h2-3,6-12,17-20H,4-5,13-16,21H2,1H3/p+1. The first-order valence-corrected chi connectivity index (χ1v) is 13.6. The number of nitrogens with zero attached hydrogens (tertiary/aromatic N) is 1. The summed E-state index contributed by atoms with van der Waals surface area (Å²) in [6.07, 6.45) is 5.16. The Bertz CT molecular complexity index is 1690. The Morgan fingerprint density at radius 2 is 1.72 bits per heavy atom. The fourth-order valence-electron chi connectivity index (χ4n) is 5.72. The lowest BCUT2D eigenvalue weighted by atomic mass is 9.95. The van der Waals surface area contributed by atoms with E-state index < -0.39 is 0 Å². The Balaban J connectivity index is 1.07. The molecule has 0 spiro atoms. The number of hydrogen-bond acceptors (Lipinski definition) is 5. The van der Waals surface area contributed by atoms with E-state index in [1.54, 1.807) is 7.11 Å². The van der Waals surface area contributed by atoms with Crippen molar-refractivity contribution in [3.05, 3.63) is 84.6 Å². The minimum Gasteiger partial charge on any atom is -0.495 e. The smallest absolute Gasteiger partial charge is 0.231 e. The summed E-state index contributed by atoms with van der Waals surface area (Å²) < 4.78 is 25.5. The highest BCUT2D eigenvalue weighted by Gasteiger charge is 2.28. The summed E-state index contributed by atoms with van der Waals surface area (Å²) in [4.78, 5) is 0. The predicted octanol–water partition coefficient (Wildman–Crippen LogP) is 6.51. The van der Waals surface area contributed by atoms with Crippen molar-refractivity contribution in [1.29, 1.82) is 0 Å². The molecule has 0 saturated carbocycles. The van der Waals surface area contributed by atoms with Crippen LogP contribution < -0.4 is 28.8 Å². The zero-order valence-electron chi connectivity index (χ0n) is 22.0. The van der Waals surface area contributed by atoms with Gasteiger partial charge < -0.3 is 24.3 Å². The summed E-state index contributed by atoms with van der Waals surface area (Å²) in [5.41, 5.74) is 4.75. The van der Waals surface area contributed by atoms with Crippen molar-refractivity contribution in [3.8, 4) is 34.3 Å². The van der Waals surface area contributed by atoms with Crippen LogP contribution in [0.4, 0.5) is 5.69 Å². The van der Waals surface area contributed by atoms with Crippen LogP contribution in [0, 0.1) is 0 Å². The third kappa shape index (κ3) is 4.36. The Morgan fingerprint density at radius 3 is 2.64 bits per heavy atom. The fourth-order valence-corrected chi connectivity index (χ4v) is 5.72. The molecular weight excluding hydrogens is 488 g/mol. The molecular formula is C33H31N2O4+. The second kappa shape index (κ2) is 10.0. The van der Waals surface area contributed by atoms with Gasteiger partial charge in [-0.1, -0.05) is 42.5 Å². The summed E-state index contributed by atoms with van der Waals surface area (Å²) in [6, 6.07) is 25.3. The number of hydrogen-bond donors (Lipinski definition) is 1. The molecule has 5 aromatic rings. The minimum absolute atomic E-state index is 0.292. The van der Waals surface area contributed by atoms with Crippen molar-refractivity contribution in [2.75, 3.05) is 32.4 Å². The average Bonchev–Trinajstić information content (AvgIpc) is 3.44.